The lowest BCUT2D eigenvalue weighted by atomic mass is 9.72. The Labute approximate surface area is 176 Å². The number of rotatable bonds is 7. The molecule has 30 heavy (non-hydrogen) atoms. The molecule has 158 valence electrons. The first-order valence-electron chi connectivity index (χ1n) is 9.97. The molecule has 6 heteroatoms. The smallest absolute Gasteiger partial charge is 0.319 e. The first kappa shape index (κ1) is 21.6. The molecule has 1 aliphatic heterocycles. The van der Waals surface area contributed by atoms with E-state index in [1.54, 1.807) is 52.1 Å². The summed E-state index contributed by atoms with van der Waals surface area (Å²) in [5, 5.41) is 2.82. The number of Topliss-reactive ketones (excluding diaryl/α,β-unsaturated/α-hetero) is 1. The number of cyclic esters (lactones) is 1. The lowest BCUT2D eigenvalue weighted by Crippen LogP contribution is -2.44. The zero-order chi connectivity index (χ0) is 21.9. The van der Waals surface area contributed by atoms with Crippen LogP contribution in [0.5, 0.6) is 5.75 Å². The number of esters is 1. The minimum atomic E-state index is -1.04. The van der Waals surface area contributed by atoms with Crippen molar-refractivity contribution in [1.29, 1.82) is 0 Å². The number of carbonyl (C=O) groups excluding carboxylic acids is 3. The van der Waals surface area contributed by atoms with Crippen molar-refractivity contribution in [2.75, 3.05) is 7.11 Å². The number of ketones is 1. The maximum atomic E-state index is 13.1. The van der Waals surface area contributed by atoms with Gasteiger partial charge in [0.15, 0.2) is 5.78 Å². The Bertz CT molecular complexity index is 920. The number of hydrogen-bond acceptors (Lipinski definition) is 5. The summed E-state index contributed by atoms with van der Waals surface area (Å²) in [5.74, 6) is -2.73. The van der Waals surface area contributed by atoms with Crippen molar-refractivity contribution in [3.63, 3.8) is 0 Å². The molecule has 2 aromatic rings. The Kier molecular flexibility index (Phi) is 6.25. The fraction of sp³-hybridized carbons (Fsp3) is 0.375. The predicted octanol–water partition coefficient (Wildman–Crippen LogP) is 3.40. The molecule has 0 radical (unpaired) electrons. The van der Waals surface area contributed by atoms with Crippen LogP contribution in [-0.4, -0.2) is 30.4 Å². The second-order valence-corrected chi connectivity index (χ2v) is 8.11. The number of ether oxygens (including phenoxy) is 2. The average molecular weight is 409 g/mol. The molecule has 0 saturated carbocycles. The van der Waals surface area contributed by atoms with Gasteiger partial charge in [0.05, 0.1) is 7.11 Å². The van der Waals surface area contributed by atoms with E-state index in [2.05, 4.69) is 5.32 Å². The molecule has 1 heterocycles. The number of hydrogen-bond donors (Lipinski definition) is 1. The van der Waals surface area contributed by atoms with Crippen LogP contribution in [0.3, 0.4) is 0 Å². The molecular formula is C24H27NO5. The van der Waals surface area contributed by atoms with E-state index in [1.807, 2.05) is 30.3 Å². The Morgan fingerprint density at radius 3 is 2.33 bits per heavy atom. The monoisotopic (exact) mass is 409 g/mol. The van der Waals surface area contributed by atoms with Crippen molar-refractivity contribution in [2.45, 2.75) is 32.9 Å². The molecule has 6 nitrogen and oxygen atoms in total. The van der Waals surface area contributed by atoms with Crippen LogP contribution in [0.1, 0.15) is 36.7 Å². The van der Waals surface area contributed by atoms with Crippen LogP contribution in [0, 0.1) is 17.8 Å². The minimum Gasteiger partial charge on any atom is -0.497 e. The Balaban J connectivity index is 1.80. The van der Waals surface area contributed by atoms with Gasteiger partial charge in [-0.15, -0.1) is 0 Å². The van der Waals surface area contributed by atoms with Gasteiger partial charge in [-0.25, -0.2) is 0 Å². The van der Waals surface area contributed by atoms with Crippen LogP contribution in [-0.2, 0) is 20.9 Å². The maximum Gasteiger partial charge on any atom is 0.319 e. The number of benzene rings is 2. The number of amides is 1. The lowest BCUT2D eigenvalue weighted by molar-refractivity contribution is -0.150. The highest BCUT2D eigenvalue weighted by molar-refractivity contribution is 6.03. The third kappa shape index (κ3) is 4.37. The summed E-state index contributed by atoms with van der Waals surface area (Å²) in [6, 6.07) is 16.2. The van der Waals surface area contributed by atoms with Gasteiger partial charge in [-0.2, -0.15) is 0 Å². The first-order chi connectivity index (χ1) is 14.2. The van der Waals surface area contributed by atoms with Gasteiger partial charge < -0.3 is 14.8 Å². The van der Waals surface area contributed by atoms with E-state index >= 15 is 0 Å². The molecule has 0 aliphatic carbocycles. The highest BCUT2D eigenvalue weighted by Crippen LogP contribution is 2.43. The average Bonchev–Trinajstić information content (AvgIpc) is 2.99. The third-order valence-corrected chi connectivity index (χ3v) is 5.70. The number of methoxy groups -OCH3 is 1. The third-order valence-electron chi connectivity index (χ3n) is 5.70. The Hall–Kier alpha value is -3.15. The van der Waals surface area contributed by atoms with E-state index in [0.29, 0.717) is 17.9 Å². The predicted molar refractivity (Wildman–Crippen MR) is 112 cm³/mol. The summed E-state index contributed by atoms with van der Waals surface area (Å²) >= 11 is 0. The van der Waals surface area contributed by atoms with Crippen molar-refractivity contribution in [2.24, 2.45) is 17.8 Å². The molecule has 0 spiro atoms. The van der Waals surface area contributed by atoms with Gasteiger partial charge in [-0.3, -0.25) is 14.4 Å². The summed E-state index contributed by atoms with van der Waals surface area (Å²) in [7, 11) is 1.56. The van der Waals surface area contributed by atoms with Gasteiger partial charge in [0, 0.05) is 23.9 Å². The fourth-order valence-corrected chi connectivity index (χ4v) is 4.18. The van der Waals surface area contributed by atoms with Crippen LogP contribution >= 0.6 is 0 Å². The van der Waals surface area contributed by atoms with Gasteiger partial charge >= 0.3 is 5.97 Å². The zero-order valence-corrected chi connectivity index (χ0v) is 17.7. The molecule has 3 rings (SSSR count). The maximum absolute atomic E-state index is 13.1. The lowest BCUT2D eigenvalue weighted by Gasteiger charge is -2.31. The van der Waals surface area contributed by atoms with Gasteiger partial charge in [0.1, 0.15) is 17.3 Å². The Morgan fingerprint density at radius 2 is 1.73 bits per heavy atom. The van der Waals surface area contributed by atoms with Crippen LogP contribution in [0.25, 0.3) is 0 Å². The SMILES string of the molecule is COc1ccc(C(=O)[C@H](C)[C@H]2[C@H](C(=O)NCc3ccccc3)C(=O)OC2(C)C)cc1. The molecule has 1 amide bonds. The first-order valence-corrected chi connectivity index (χ1v) is 9.97. The van der Waals surface area contributed by atoms with Gasteiger partial charge in [0.2, 0.25) is 5.91 Å². The van der Waals surface area contributed by atoms with Crippen molar-refractivity contribution in [3.05, 3.63) is 65.7 Å². The molecule has 1 N–H and O–H groups in total. The largest absolute Gasteiger partial charge is 0.497 e. The second-order valence-electron chi connectivity index (χ2n) is 8.11. The molecule has 1 aliphatic rings. The molecule has 0 bridgehead atoms. The van der Waals surface area contributed by atoms with Gasteiger partial charge in [-0.05, 0) is 43.7 Å². The number of carbonyl (C=O) groups is 3. The van der Waals surface area contributed by atoms with E-state index in [0.717, 1.165) is 5.56 Å². The molecule has 0 unspecified atom stereocenters. The normalized spacial score (nSPS) is 20.9. The quantitative estimate of drug-likeness (QED) is 0.431. The van der Waals surface area contributed by atoms with Crippen LogP contribution in [0.15, 0.2) is 54.6 Å². The van der Waals surface area contributed by atoms with Crippen LogP contribution in [0.2, 0.25) is 0 Å². The van der Waals surface area contributed by atoms with Gasteiger partial charge in [0.25, 0.3) is 0 Å². The van der Waals surface area contributed by atoms with Crippen molar-refractivity contribution in [1.82, 2.24) is 5.32 Å². The van der Waals surface area contributed by atoms with E-state index in [1.165, 1.54) is 0 Å². The summed E-state index contributed by atoms with van der Waals surface area (Å²) in [5.41, 5.74) is 0.491. The van der Waals surface area contributed by atoms with Crippen molar-refractivity contribution in [3.8, 4) is 5.75 Å². The number of nitrogens with one attached hydrogen (secondary N) is 1. The standard InChI is InChI=1S/C24H27NO5/c1-15(21(26)17-10-12-18(29-4)13-11-17)20-19(23(28)30-24(20,2)3)22(27)25-14-16-8-6-5-7-9-16/h5-13,15,19-20H,14H2,1-4H3,(H,25,27)/t15-,19-,20+/m1/s1. The van der Waals surface area contributed by atoms with Gasteiger partial charge in [-0.1, -0.05) is 37.3 Å². The zero-order valence-electron chi connectivity index (χ0n) is 17.7. The molecule has 0 aromatic heterocycles. The summed E-state index contributed by atoms with van der Waals surface area (Å²) in [6.07, 6.45) is 0. The molecule has 1 saturated heterocycles. The van der Waals surface area contributed by atoms with Crippen molar-refractivity contribution >= 4 is 17.7 Å². The molecule has 1 fully saturated rings. The second kappa shape index (κ2) is 8.69. The molecular weight excluding hydrogens is 382 g/mol. The highest BCUT2D eigenvalue weighted by atomic mass is 16.6. The van der Waals surface area contributed by atoms with Crippen LogP contribution < -0.4 is 10.1 Å². The highest BCUT2D eigenvalue weighted by Gasteiger charge is 2.56. The summed E-state index contributed by atoms with van der Waals surface area (Å²) in [4.78, 5) is 38.7. The van der Waals surface area contributed by atoms with E-state index in [9.17, 15) is 14.4 Å². The van der Waals surface area contributed by atoms with E-state index in [4.69, 9.17) is 9.47 Å². The fourth-order valence-electron chi connectivity index (χ4n) is 4.18. The minimum absolute atomic E-state index is 0.144. The van der Waals surface area contributed by atoms with E-state index < -0.39 is 35.2 Å². The molecule has 2 aromatic carbocycles. The summed E-state index contributed by atoms with van der Waals surface area (Å²) in [6.45, 7) is 5.55. The topological polar surface area (TPSA) is 81.7 Å². The Morgan fingerprint density at radius 1 is 1.10 bits per heavy atom. The van der Waals surface area contributed by atoms with Crippen LogP contribution in [0.4, 0.5) is 0 Å². The molecule has 3 atom stereocenters. The van der Waals surface area contributed by atoms with E-state index in [-0.39, 0.29) is 5.78 Å². The van der Waals surface area contributed by atoms with Crippen molar-refractivity contribution < 1.29 is 23.9 Å². The summed E-state index contributed by atoms with van der Waals surface area (Å²) < 4.78 is 10.7.